The van der Waals surface area contributed by atoms with Gasteiger partial charge in [-0.3, -0.25) is 9.78 Å². The molecule has 1 N–H and O–H groups in total. The molecule has 0 aliphatic carbocycles. The van der Waals surface area contributed by atoms with Crippen molar-refractivity contribution in [3.63, 3.8) is 0 Å². The monoisotopic (exact) mass is 349 g/mol. The van der Waals surface area contributed by atoms with E-state index in [1.807, 2.05) is 0 Å². The number of hydrogen-bond acceptors (Lipinski definition) is 2. The minimum absolute atomic E-state index is 0.190. The number of hydrogen-bond donors (Lipinski definition) is 1. The molecule has 24 heavy (non-hydrogen) atoms. The second-order valence-corrected chi connectivity index (χ2v) is 4.84. The van der Waals surface area contributed by atoms with Gasteiger partial charge in [-0.05, 0) is 29.3 Å². The molecule has 0 saturated carbocycles. The summed E-state index contributed by atoms with van der Waals surface area (Å²) < 4.78 is 77.1. The molecule has 1 aromatic heterocycles. The lowest BCUT2D eigenvalue weighted by atomic mass is 9.95. The molecule has 2 rings (SSSR count). The molecule has 0 bridgehead atoms. The number of rotatable bonds is 3. The Hall–Kier alpha value is -2.58. The number of nitrogens with zero attached hydrogens (tertiary/aromatic N) is 1. The maximum absolute atomic E-state index is 13.1. The predicted molar refractivity (Wildman–Crippen MR) is 71.0 cm³/mol. The lowest BCUT2D eigenvalue weighted by molar-refractivity contribution is -0.141. The summed E-state index contributed by atoms with van der Waals surface area (Å²) in [6.45, 7) is 0. The van der Waals surface area contributed by atoms with Gasteiger partial charge in [-0.25, -0.2) is 0 Å². The van der Waals surface area contributed by atoms with Gasteiger partial charge in [-0.15, -0.1) is 0 Å². The van der Waals surface area contributed by atoms with Crippen LogP contribution in [0.15, 0.2) is 36.5 Å². The van der Waals surface area contributed by atoms with E-state index in [1.54, 1.807) is 0 Å². The second-order valence-electron chi connectivity index (χ2n) is 4.84. The van der Waals surface area contributed by atoms with Crippen LogP contribution in [0.4, 0.5) is 26.3 Å². The number of halogens is 6. The van der Waals surface area contributed by atoms with Crippen molar-refractivity contribution in [1.82, 2.24) is 4.98 Å². The highest BCUT2D eigenvalue weighted by Crippen LogP contribution is 2.38. The topological polar surface area (TPSA) is 50.2 Å². The number of alkyl halides is 6. The summed E-state index contributed by atoms with van der Waals surface area (Å²) in [4.78, 5) is 14.1. The lowest BCUT2D eigenvalue weighted by Gasteiger charge is -2.16. The smallest absolute Gasteiger partial charge is 0.433 e. The van der Waals surface area contributed by atoms with Gasteiger partial charge in [0.15, 0.2) is 5.69 Å². The molecule has 2 aromatic rings. The van der Waals surface area contributed by atoms with Crippen molar-refractivity contribution in [1.29, 1.82) is 0 Å². The molecular formula is C15H9F6NO2. The zero-order valence-corrected chi connectivity index (χ0v) is 11.7. The molecular weight excluding hydrogens is 340 g/mol. The highest BCUT2D eigenvalue weighted by atomic mass is 19.4. The molecule has 0 atom stereocenters. The molecule has 1 aromatic carbocycles. The first kappa shape index (κ1) is 17.8. The van der Waals surface area contributed by atoms with Gasteiger partial charge in [0.1, 0.15) is 0 Å². The fourth-order valence-corrected chi connectivity index (χ4v) is 2.17. The largest absolute Gasteiger partial charge is 0.481 e. The van der Waals surface area contributed by atoms with Crippen LogP contribution in [0.2, 0.25) is 0 Å². The molecule has 0 fully saturated rings. The van der Waals surface area contributed by atoms with E-state index in [0.29, 0.717) is 12.1 Å². The van der Waals surface area contributed by atoms with E-state index in [4.69, 9.17) is 5.11 Å². The Kier molecular flexibility index (Phi) is 4.54. The number of aliphatic carboxylic acids is 1. The molecule has 0 aliphatic heterocycles. The summed E-state index contributed by atoms with van der Waals surface area (Å²) in [5.41, 5.74) is -3.30. The van der Waals surface area contributed by atoms with E-state index in [2.05, 4.69) is 4.98 Å². The van der Waals surface area contributed by atoms with Gasteiger partial charge in [-0.1, -0.05) is 12.1 Å². The van der Waals surface area contributed by atoms with Crippen LogP contribution in [-0.2, 0) is 23.6 Å². The Morgan fingerprint density at radius 3 is 2.00 bits per heavy atom. The van der Waals surface area contributed by atoms with Gasteiger partial charge >= 0.3 is 18.3 Å². The zero-order chi connectivity index (χ0) is 18.1. The van der Waals surface area contributed by atoms with Crippen LogP contribution in [0.1, 0.15) is 16.8 Å². The summed E-state index contributed by atoms with van der Waals surface area (Å²) >= 11 is 0. The first-order chi connectivity index (χ1) is 11.0. The van der Waals surface area contributed by atoms with Crippen molar-refractivity contribution in [3.8, 4) is 11.1 Å². The van der Waals surface area contributed by atoms with Gasteiger partial charge in [0.2, 0.25) is 0 Å². The third kappa shape index (κ3) is 3.84. The number of aromatic nitrogens is 1. The van der Waals surface area contributed by atoms with Gasteiger partial charge in [0, 0.05) is 11.8 Å². The van der Waals surface area contributed by atoms with Crippen molar-refractivity contribution in [2.45, 2.75) is 18.8 Å². The average molecular weight is 349 g/mol. The maximum atomic E-state index is 13.1. The predicted octanol–water partition coefficient (Wildman–Crippen LogP) is 4.41. The summed E-state index contributed by atoms with van der Waals surface area (Å²) in [6.07, 6.45) is -9.42. The Morgan fingerprint density at radius 1 is 0.958 bits per heavy atom. The minimum atomic E-state index is -4.88. The van der Waals surface area contributed by atoms with Gasteiger partial charge in [0.05, 0.1) is 12.0 Å². The maximum Gasteiger partial charge on any atom is 0.433 e. The van der Waals surface area contributed by atoms with Crippen LogP contribution in [0.5, 0.6) is 0 Å². The normalized spacial score (nSPS) is 12.2. The van der Waals surface area contributed by atoms with Crippen LogP contribution in [0.25, 0.3) is 11.1 Å². The van der Waals surface area contributed by atoms with Crippen molar-refractivity contribution >= 4 is 5.97 Å². The molecule has 9 heteroatoms. The first-order valence-corrected chi connectivity index (χ1v) is 6.44. The summed E-state index contributed by atoms with van der Waals surface area (Å²) in [5, 5.41) is 8.83. The average Bonchev–Trinajstić information content (AvgIpc) is 2.44. The number of pyridine rings is 1. The standard InChI is InChI=1S/C15H9F6NO2/c16-14(17,18)10-3-1-8(2-4-10)12-9(7-11(23)24)5-6-22-13(12)15(19,20)21/h1-6H,7H2,(H,23,24). The van der Waals surface area contributed by atoms with Crippen LogP contribution < -0.4 is 0 Å². The zero-order valence-electron chi connectivity index (χ0n) is 11.7. The first-order valence-electron chi connectivity index (χ1n) is 6.44. The third-order valence-electron chi connectivity index (χ3n) is 3.15. The lowest BCUT2D eigenvalue weighted by Crippen LogP contribution is -2.13. The molecule has 1 heterocycles. The number of carboxylic acid groups (broad SMARTS) is 1. The highest BCUT2D eigenvalue weighted by Gasteiger charge is 2.37. The summed E-state index contributed by atoms with van der Waals surface area (Å²) in [7, 11) is 0. The molecule has 0 amide bonds. The van der Waals surface area contributed by atoms with Gasteiger partial charge in [-0.2, -0.15) is 26.3 Å². The summed E-state index contributed by atoms with van der Waals surface area (Å²) in [5.74, 6) is -1.37. The van der Waals surface area contributed by atoms with E-state index < -0.39 is 41.6 Å². The molecule has 0 saturated heterocycles. The van der Waals surface area contributed by atoms with Crippen molar-refractivity contribution in [2.75, 3.05) is 0 Å². The van der Waals surface area contributed by atoms with Gasteiger partial charge in [0.25, 0.3) is 0 Å². The van der Waals surface area contributed by atoms with E-state index in [1.165, 1.54) is 0 Å². The van der Waals surface area contributed by atoms with Crippen LogP contribution in [-0.4, -0.2) is 16.1 Å². The Morgan fingerprint density at radius 2 is 1.54 bits per heavy atom. The molecule has 0 radical (unpaired) electrons. The molecule has 3 nitrogen and oxygen atoms in total. The number of carbonyl (C=O) groups is 1. The van der Waals surface area contributed by atoms with Crippen molar-refractivity contribution in [2.24, 2.45) is 0 Å². The Balaban J connectivity index is 2.64. The highest BCUT2D eigenvalue weighted by molar-refractivity contribution is 5.78. The van der Waals surface area contributed by atoms with Crippen LogP contribution >= 0.6 is 0 Å². The quantitative estimate of drug-likeness (QED) is 0.835. The SMILES string of the molecule is O=C(O)Cc1ccnc(C(F)(F)F)c1-c1ccc(C(F)(F)F)cc1. The summed E-state index contributed by atoms with van der Waals surface area (Å²) in [6, 6.07) is 4.08. The van der Waals surface area contributed by atoms with Crippen LogP contribution in [0.3, 0.4) is 0 Å². The number of benzene rings is 1. The van der Waals surface area contributed by atoms with E-state index in [-0.39, 0.29) is 11.1 Å². The van der Waals surface area contributed by atoms with Crippen LogP contribution in [0, 0.1) is 0 Å². The van der Waals surface area contributed by atoms with E-state index in [0.717, 1.165) is 24.4 Å². The Bertz CT molecular complexity index is 750. The minimum Gasteiger partial charge on any atom is -0.481 e. The Labute approximate surface area is 131 Å². The van der Waals surface area contributed by atoms with E-state index >= 15 is 0 Å². The van der Waals surface area contributed by atoms with Gasteiger partial charge < -0.3 is 5.11 Å². The fraction of sp³-hybridized carbons (Fsp3) is 0.200. The third-order valence-corrected chi connectivity index (χ3v) is 3.15. The molecule has 0 spiro atoms. The number of carboxylic acids is 1. The van der Waals surface area contributed by atoms with E-state index in [9.17, 15) is 31.1 Å². The molecule has 128 valence electrons. The van der Waals surface area contributed by atoms with Crippen molar-refractivity contribution < 1.29 is 36.2 Å². The molecule has 0 unspecified atom stereocenters. The second kappa shape index (κ2) is 6.14. The van der Waals surface area contributed by atoms with Crippen molar-refractivity contribution in [3.05, 3.63) is 53.3 Å². The fourth-order valence-electron chi connectivity index (χ4n) is 2.17. The molecule has 0 aliphatic rings.